The van der Waals surface area contributed by atoms with Crippen molar-refractivity contribution < 1.29 is 9.84 Å². The molecule has 1 aliphatic rings. The molecule has 2 heterocycles. The van der Waals surface area contributed by atoms with Crippen molar-refractivity contribution >= 4 is 11.3 Å². The summed E-state index contributed by atoms with van der Waals surface area (Å²) in [5.41, 5.74) is 0. The van der Waals surface area contributed by atoms with Crippen molar-refractivity contribution in [3.05, 3.63) is 21.9 Å². The molecule has 2 nitrogen and oxygen atoms in total. The van der Waals surface area contributed by atoms with Gasteiger partial charge in [-0.3, -0.25) is 0 Å². The van der Waals surface area contributed by atoms with E-state index in [0.29, 0.717) is 6.10 Å². The molecule has 78 valence electrons. The number of ether oxygens (including phenoxy) is 1. The number of aliphatic hydroxyl groups is 1. The molecule has 0 aliphatic carbocycles. The molecule has 0 aromatic carbocycles. The van der Waals surface area contributed by atoms with Crippen molar-refractivity contribution in [1.29, 1.82) is 0 Å². The van der Waals surface area contributed by atoms with Crippen LogP contribution < -0.4 is 0 Å². The zero-order chi connectivity index (χ0) is 10.1. The van der Waals surface area contributed by atoms with Gasteiger partial charge in [0, 0.05) is 9.75 Å². The fourth-order valence-corrected chi connectivity index (χ4v) is 2.78. The lowest BCUT2D eigenvalue weighted by Gasteiger charge is -2.16. The van der Waals surface area contributed by atoms with E-state index in [9.17, 15) is 5.11 Å². The predicted octanol–water partition coefficient (Wildman–Crippen LogP) is 2.66. The fraction of sp³-hybridized carbons (Fsp3) is 0.636. The van der Waals surface area contributed by atoms with Gasteiger partial charge < -0.3 is 9.84 Å². The molecular formula is C11H16O2S. The van der Waals surface area contributed by atoms with Crippen molar-refractivity contribution in [2.45, 2.75) is 45.0 Å². The Kier molecular flexibility index (Phi) is 2.91. The summed E-state index contributed by atoms with van der Waals surface area (Å²) in [5, 5.41) is 10.0. The van der Waals surface area contributed by atoms with Gasteiger partial charge in [-0.15, -0.1) is 11.3 Å². The van der Waals surface area contributed by atoms with Crippen LogP contribution in [0.3, 0.4) is 0 Å². The molecule has 0 amide bonds. The van der Waals surface area contributed by atoms with E-state index in [1.54, 1.807) is 11.3 Å². The monoisotopic (exact) mass is 212 g/mol. The Bertz CT molecular complexity index is 308. The van der Waals surface area contributed by atoms with E-state index in [2.05, 4.69) is 13.8 Å². The quantitative estimate of drug-likeness (QED) is 0.816. The number of aliphatic hydroxyl groups excluding tert-OH is 1. The van der Waals surface area contributed by atoms with Gasteiger partial charge >= 0.3 is 0 Å². The molecule has 3 unspecified atom stereocenters. The lowest BCUT2D eigenvalue weighted by molar-refractivity contribution is -0.0282. The van der Waals surface area contributed by atoms with Crippen LogP contribution in [-0.4, -0.2) is 17.3 Å². The molecule has 0 saturated carbocycles. The molecule has 0 bridgehead atoms. The standard InChI is InChI=1S/C11H16O2S/c1-7-3-5-9(13-7)11(12)10-6-4-8(2)14-10/h4,6-7,9,11-12H,3,5H2,1-2H3. The summed E-state index contributed by atoms with van der Waals surface area (Å²) in [6.07, 6.45) is 1.91. The highest BCUT2D eigenvalue weighted by atomic mass is 32.1. The van der Waals surface area contributed by atoms with Crippen LogP contribution in [-0.2, 0) is 4.74 Å². The van der Waals surface area contributed by atoms with Crippen LogP contribution in [0.15, 0.2) is 12.1 Å². The Hall–Kier alpha value is -0.380. The van der Waals surface area contributed by atoms with Crippen LogP contribution in [0, 0.1) is 6.92 Å². The number of hydrogen-bond acceptors (Lipinski definition) is 3. The highest BCUT2D eigenvalue weighted by molar-refractivity contribution is 7.12. The first kappa shape index (κ1) is 10.1. The predicted molar refractivity (Wildman–Crippen MR) is 57.6 cm³/mol. The van der Waals surface area contributed by atoms with Gasteiger partial charge in [0.15, 0.2) is 0 Å². The maximum atomic E-state index is 10.0. The first-order valence-corrected chi connectivity index (χ1v) is 5.88. The van der Waals surface area contributed by atoms with E-state index in [1.165, 1.54) is 4.88 Å². The van der Waals surface area contributed by atoms with Gasteiger partial charge in [-0.2, -0.15) is 0 Å². The van der Waals surface area contributed by atoms with Crippen LogP contribution in [0.1, 0.15) is 35.6 Å². The van der Waals surface area contributed by atoms with Crippen LogP contribution in [0.5, 0.6) is 0 Å². The van der Waals surface area contributed by atoms with Crippen molar-refractivity contribution in [2.24, 2.45) is 0 Å². The third kappa shape index (κ3) is 2.00. The molecule has 0 radical (unpaired) electrons. The van der Waals surface area contributed by atoms with Gasteiger partial charge in [0.25, 0.3) is 0 Å². The van der Waals surface area contributed by atoms with Crippen molar-refractivity contribution in [2.75, 3.05) is 0 Å². The van der Waals surface area contributed by atoms with E-state index in [0.717, 1.165) is 17.7 Å². The molecule has 1 fully saturated rings. The third-order valence-corrected chi connectivity index (χ3v) is 3.74. The Morgan fingerprint density at radius 2 is 2.29 bits per heavy atom. The van der Waals surface area contributed by atoms with E-state index in [-0.39, 0.29) is 6.10 Å². The highest BCUT2D eigenvalue weighted by Crippen LogP contribution is 2.33. The normalized spacial score (nSPS) is 29.4. The lowest BCUT2D eigenvalue weighted by Crippen LogP contribution is -2.17. The first-order chi connectivity index (χ1) is 6.66. The summed E-state index contributed by atoms with van der Waals surface area (Å²) < 4.78 is 5.64. The topological polar surface area (TPSA) is 29.5 Å². The number of hydrogen-bond donors (Lipinski definition) is 1. The fourth-order valence-electron chi connectivity index (χ4n) is 1.86. The maximum Gasteiger partial charge on any atom is 0.114 e. The Labute approximate surface area is 88.5 Å². The third-order valence-electron chi connectivity index (χ3n) is 2.67. The summed E-state index contributed by atoms with van der Waals surface area (Å²) >= 11 is 1.65. The van der Waals surface area contributed by atoms with E-state index in [1.807, 2.05) is 12.1 Å². The SMILES string of the molecule is Cc1ccc(C(O)C2CCC(C)O2)s1. The molecule has 3 heteroatoms. The average Bonchev–Trinajstić information content (AvgIpc) is 2.73. The first-order valence-electron chi connectivity index (χ1n) is 5.06. The average molecular weight is 212 g/mol. The van der Waals surface area contributed by atoms with Crippen LogP contribution in [0.4, 0.5) is 0 Å². The molecule has 1 aromatic rings. The summed E-state index contributed by atoms with van der Waals surface area (Å²) in [4.78, 5) is 2.27. The molecule has 1 saturated heterocycles. The molecule has 2 rings (SSSR count). The molecule has 1 aromatic heterocycles. The van der Waals surface area contributed by atoms with E-state index < -0.39 is 6.10 Å². The van der Waals surface area contributed by atoms with E-state index >= 15 is 0 Å². The zero-order valence-corrected chi connectivity index (χ0v) is 9.38. The second-order valence-electron chi connectivity index (χ2n) is 3.96. The Morgan fingerprint density at radius 1 is 1.50 bits per heavy atom. The van der Waals surface area contributed by atoms with Crippen molar-refractivity contribution in [1.82, 2.24) is 0 Å². The summed E-state index contributed by atoms with van der Waals surface area (Å²) in [7, 11) is 0. The smallest absolute Gasteiger partial charge is 0.114 e. The van der Waals surface area contributed by atoms with Gasteiger partial charge in [0.05, 0.1) is 12.2 Å². The van der Waals surface area contributed by atoms with Crippen molar-refractivity contribution in [3.8, 4) is 0 Å². The minimum atomic E-state index is -0.432. The largest absolute Gasteiger partial charge is 0.385 e. The second-order valence-corrected chi connectivity index (χ2v) is 5.28. The maximum absolute atomic E-state index is 10.0. The van der Waals surface area contributed by atoms with Crippen LogP contribution in [0.25, 0.3) is 0 Å². The van der Waals surface area contributed by atoms with E-state index in [4.69, 9.17) is 4.74 Å². The summed E-state index contributed by atoms with van der Waals surface area (Å²) in [6.45, 7) is 4.12. The van der Waals surface area contributed by atoms with Gasteiger partial charge in [-0.1, -0.05) is 0 Å². The van der Waals surface area contributed by atoms with Gasteiger partial charge in [0.2, 0.25) is 0 Å². The molecule has 1 aliphatic heterocycles. The summed E-state index contributed by atoms with van der Waals surface area (Å²) in [6, 6.07) is 4.04. The molecule has 1 N–H and O–H groups in total. The molecule has 0 spiro atoms. The van der Waals surface area contributed by atoms with Crippen molar-refractivity contribution in [3.63, 3.8) is 0 Å². The minimum absolute atomic E-state index is 0.00282. The Balaban J connectivity index is 2.05. The van der Waals surface area contributed by atoms with Crippen LogP contribution >= 0.6 is 11.3 Å². The highest BCUT2D eigenvalue weighted by Gasteiger charge is 2.29. The zero-order valence-electron chi connectivity index (χ0n) is 8.56. The number of aryl methyl sites for hydroxylation is 1. The molecule has 3 atom stereocenters. The van der Waals surface area contributed by atoms with Crippen LogP contribution in [0.2, 0.25) is 0 Å². The number of rotatable bonds is 2. The minimum Gasteiger partial charge on any atom is -0.385 e. The van der Waals surface area contributed by atoms with Gasteiger partial charge in [-0.25, -0.2) is 0 Å². The second kappa shape index (κ2) is 4.01. The van der Waals surface area contributed by atoms with Gasteiger partial charge in [0.1, 0.15) is 6.10 Å². The van der Waals surface area contributed by atoms with Gasteiger partial charge in [-0.05, 0) is 38.8 Å². The Morgan fingerprint density at radius 3 is 2.79 bits per heavy atom. The molecular weight excluding hydrogens is 196 g/mol. The lowest BCUT2D eigenvalue weighted by atomic mass is 10.1. The molecule has 14 heavy (non-hydrogen) atoms. The number of thiophene rings is 1. The summed E-state index contributed by atoms with van der Waals surface area (Å²) in [5.74, 6) is 0.